The molecule has 2 heterocycles. The number of primary amides is 1. The van der Waals surface area contributed by atoms with E-state index in [2.05, 4.69) is 0 Å². The van der Waals surface area contributed by atoms with Crippen LogP contribution < -0.4 is 15.4 Å². The Bertz CT molecular complexity index is 962. The molecule has 3 N–H and O–H groups in total. The molecule has 2 fully saturated rings. The van der Waals surface area contributed by atoms with Gasteiger partial charge in [-0.15, -0.1) is 0 Å². The molecular weight excluding hydrogens is 417 g/mol. The summed E-state index contributed by atoms with van der Waals surface area (Å²) in [6, 6.07) is 1.73. The van der Waals surface area contributed by atoms with E-state index in [0.29, 0.717) is 32.6 Å². The van der Waals surface area contributed by atoms with Gasteiger partial charge in [-0.1, -0.05) is 6.07 Å². The SMILES string of the molecule is CN1CCN(C(=O)[C@@H](NS(=O)(=O)c2cccc(N3CCCC3=O)c2F)C(N)=O)CC1. The minimum atomic E-state index is -4.62. The maximum Gasteiger partial charge on any atom is 0.250 e. The Hall–Kier alpha value is -2.57. The predicted octanol–water partition coefficient (Wildman–Crippen LogP) is -1.14. The number of piperazine rings is 1. The van der Waals surface area contributed by atoms with Crippen molar-refractivity contribution in [1.29, 1.82) is 0 Å². The topological polar surface area (TPSA) is 133 Å². The molecule has 0 bridgehead atoms. The molecule has 0 unspecified atom stereocenters. The second-order valence-electron chi connectivity index (χ2n) is 7.32. The van der Waals surface area contributed by atoms with Gasteiger partial charge in [0, 0.05) is 39.1 Å². The van der Waals surface area contributed by atoms with Gasteiger partial charge in [0.2, 0.25) is 21.8 Å². The third-order valence-corrected chi connectivity index (χ3v) is 6.66. The zero-order valence-electron chi connectivity index (χ0n) is 16.5. The van der Waals surface area contributed by atoms with Crippen molar-refractivity contribution in [2.24, 2.45) is 5.73 Å². The Balaban J connectivity index is 1.86. The fourth-order valence-corrected chi connectivity index (χ4v) is 4.73. The van der Waals surface area contributed by atoms with Gasteiger partial charge in [0.05, 0.1) is 5.69 Å². The third-order valence-electron chi connectivity index (χ3n) is 5.22. The highest BCUT2D eigenvalue weighted by atomic mass is 32.2. The molecule has 30 heavy (non-hydrogen) atoms. The highest BCUT2D eigenvalue weighted by Crippen LogP contribution is 2.28. The number of anilines is 1. The number of rotatable bonds is 6. The molecule has 10 nitrogen and oxygen atoms in total. The molecule has 3 amide bonds. The van der Waals surface area contributed by atoms with Gasteiger partial charge in [0.15, 0.2) is 11.9 Å². The van der Waals surface area contributed by atoms with E-state index in [1.54, 1.807) is 0 Å². The van der Waals surface area contributed by atoms with Crippen LogP contribution in [0.1, 0.15) is 12.8 Å². The lowest BCUT2D eigenvalue weighted by molar-refractivity contribution is -0.138. The van der Waals surface area contributed by atoms with Crippen LogP contribution in [-0.2, 0) is 24.4 Å². The molecule has 2 aliphatic rings. The van der Waals surface area contributed by atoms with Crippen molar-refractivity contribution in [1.82, 2.24) is 14.5 Å². The number of benzene rings is 1. The number of hydrogen-bond donors (Lipinski definition) is 2. The van der Waals surface area contributed by atoms with Crippen molar-refractivity contribution in [2.45, 2.75) is 23.8 Å². The molecule has 3 rings (SSSR count). The van der Waals surface area contributed by atoms with Crippen molar-refractivity contribution in [3.05, 3.63) is 24.0 Å². The number of nitrogens with two attached hydrogens (primary N) is 1. The number of halogens is 1. The fraction of sp³-hybridized carbons (Fsp3) is 0.500. The molecule has 0 radical (unpaired) electrons. The maximum absolute atomic E-state index is 15.0. The first-order chi connectivity index (χ1) is 14.1. The van der Waals surface area contributed by atoms with Crippen LogP contribution in [0.2, 0.25) is 0 Å². The van der Waals surface area contributed by atoms with E-state index in [-0.39, 0.29) is 24.6 Å². The summed E-state index contributed by atoms with van der Waals surface area (Å²) in [5.41, 5.74) is 5.11. The van der Waals surface area contributed by atoms with Crippen LogP contribution in [-0.4, -0.2) is 81.8 Å². The summed E-state index contributed by atoms with van der Waals surface area (Å²) in [4.78, 5) is 40.2. The molecule has 2 saturated heterocycles. The summed E-state index contributed by atoms with van der Waals surface area (Å²) >= 11 is 0. The van der Waals surface area contributed by atoms with Gasteiger partial charge in [0.1, 0.15) is 4.90 Å². The van der Waals surface area contributed by atoms with E-state index in [1.165, 1.54) is 21.9 Å². The minimum Gasteiger partial charge on any atom is -0.368 e. The van der Waals surface area contributed by atoms with Crippen LogP contribution in [0.5, 0.6) is 0 Å². The van der Waals surface area contributed by atoms with E-state index in [1.807, 2.05) is 16.7 Å². The number of carbonyl (C=O) groups excluding carboxylic acids is 3. The van der Waals surface area contributed by atoms with Crippen LogP contribution in [0.25, 0.3) is 0 Å². The first-order valence-electron chi connectivity index (χ1n) is 9.49. The number of likely N-dealkylation sites (N-methyl/N-ethyl adjacent to an activating group) is 1. The lowest BCUT2D eigenvalue weighted by atomic mass is 10.2. The lowest BCUT2D eigenvalue weighted by Crippen LogP contribution is -2.58. The Morgan fingerprint density at radius 1 is 1.17 bits per heavy atom. The Labute approximate surface area is 173 Å². The number of amides is 3. The van der Waals surface area contributed by atoms with Gasteiger partial charge in [-0.3, -0.25) is 14.4 Å². The van der Waals surface area contributed by atoms with Crippen LogP contribution in [0, 0.1) is 5.82 Å². The molecule has 1 atom stereocenters. The standard InChI is InChI=1S/C18H24FN5O5S/c1-22-8-10-23(11-9-22)18(27)16(17(20)26)21-30(28,29)13-5-2-4-12(15(13)19)24-7-3-6-14(24)25/h2,4-5,16,21H,3,6-11H2,1H3,(H2,20,26)/t16-/m0/s1. The zero-order valence-corrected chi connectivity index (χ0v) is 17.3. The average Bonchev–Trinajstić information content (AvgIpc) is 3.12. The molecule has 1 aromatic rings. The molecule has 0 aromatic heterocycles. The number of sulfonamides is 1. The van der Waals surface area contributed by atoms with Gasteiger partial charge in [0.25, 0.3) is 5.91 Å². The minimum absolute atomic E-state index is 0.165. The smallest absolute Gasteiger partial charge is 0.250 e. The van der Waals surface area contributed by atoms with Crippen molar-refractivity contribution in [2.75, 3.05) is 44.7 Å². The molecule has 0 saturated carbocycles. The molecule has 2 aliphatic heterocycles. The zero-order chi connectivity index (χ0) is 22.1. The molecule has 0 aliphatic carbocycles. The highest BCUT2D eigenvalue weighted by molar-refractivity contribution is 7.89. The van der Waals surface area contributed by atoms with Crippen LogP contribution in [0.4, 0.5) is 10.1 Å². The second kappa shape index (κ2) is 8.66. The molecule has 1 aromatic carbocycles. The van der Waals surface area contributed by atoms with Gasteiger partial charge < -0.3 is 20.4 Å². The number of carbonyl (C=O) groups is 3. The summed E-state index contributed by atoms with van der Waals surface area (Å²) in [6.45, 7) is 2.01. The number of nitrogens with zero attached hydrogens (tertiary/aromatic N) is 3. The largest absolute Gasteiger partial charge is 0.368 e. The monoisotopic (exact) mass is 441 g/mol. The average molecular weight is 441 g/mol. The van der Waals surface area contributed by atoms with Crippen LogP contribution in [0.3, 0.4) is 0 Å². The molecule has 0 spiro atoms. The van der Waals surface area contributed by atoms with E-state index in [4.69, 9.17) is 5.73 Å². The number of nitrogens with one attached hydrogen (secondary N) is 1. The maximum atomic E-state index is 15.0. The van der Waals surface area contributed by atoms with Crippen LogP contribution >= 0.6 is 0 Å². The van der Waals surface area contributed by atoms with Gasteiger partial charge in [-0.05, 0) is 25.6 Å². The van der Waals surface area contributed by atoms with Crippen molar-refractivity contribution < 1.29 is 27.2 Å². The van der Waals surface area contributed by atoms with Gasteiger partial charge in [-0.2, -0.15) is 4.72 Å². The first-order valence-corrected chi connectivity index (χ1v) is 11.0. The third kappa shape index (κ3) is 4.45. The van der Waals surface area contributed by atoms with Crippen molar-refractivity contribution in [3.8, 4) is 0 Å². The van der Waals surface area contributed by atoms with Crippen molar-refractivity contribution >= 4 is 33.4 Å². The van der Waals surface area contributed by atoms with E-state index in [0.717, 1.165) is 6.07 Å². The summed E-state index contributed by atoms with van der Waals surface area (Å²) in [6.07, 6.45) is 0.786. The van der Waals surface area contributed by atoms with E-state index >= 15 is 4.39 Å². The predicted molar refractivity (Wildman–Crippen MR) is 105 cm³/mol. The van der Waals surface area contributed by atoms with Crippen LogP contribution in [0.15, 0.2) is 23.1 Å². The molecule has 164 valence electrons. The second-order valence-corrected chi connectivity index (χ2v) is 9.01. The first kappa shape index (κ1) is 22.1. The van der Waals surface area contributed by atoms with E-state index < -0.39 is 38.6 Å². The Morgan fingerprint density at radius 2 is 1.83 bits per heavy atom. The fourth-order valence-electron chi connectivity index (χ4n) is 3.48. The Kier molecular flexibility index (Phi) is 6.38. The summed E-state index contributed by atoms with van der Waals surface area (Å²) in [5, 5.41) is 0. The highest BCUT2D eigenvalue weighted by Gasteiger charge is 2.36. The quantitative estimate of drug-likeness (QED) is 0.536. The van der Waals surface area contributed by atoms with Crippen molar-refractivity contribution in [3.63, 3.8) is 0 Å². The summed E-state index contributed by atoms with van der Waals surface area (Å²) in [5.74, 6) is -3.41. The number of hydrogen-bond acceptors (Lipinski definition) is 6. The molecule has 12 heteroatoms. The van der Waals surface area contributed by atoms with Gasteiger partial charge >= 0.3 is 0 Å². The van der Waals surface area contributed by atoms with Gasteiger partial charge in [-0.25, -0.2) is 12.8 Å². The lowest BCUT2D eigenvalue weighted by Gasteiger charge is -2.34. The summed E-state index contributed by atoms with van der Waals surface area (Å²) in [7, 11) is -2.75. The summed E-state index contributed by atoms with van der Waals surface area (Å²) < 4.78 is 42.6. The molecular formula is C18H24FN5O5S. The van der Waals surface area contributed by atoms with E-state index in [9.17, 15) is 22.8 Å². The normalized spacial score (nSPS) is 19.2. The Morgan fingerprint density at radius 3 is 2.40 bits per heavy atom.